The third-order valence-corrected chi connectivity index (χ3v) is 7.06. The summed E-state index contributed by atoms with van der Waals surface area (Å²) < 4.78 is 0. The van der Waals surface area contributed by atoms with Crippen molar-refractivity contribution >= 4 is 40.7 Å². The Morgan fingerprint density at radius 3 is 2.50 bits per heavy atom. The summed E-state index contributed by atoms with van der Waals surface area (Å²) in [6, 6.07) is 1.10. The van der Waals surface area contributed by atoms with Crippen LogP contribution in [0, 0.1) is 17.8 Å². The molecule has 170 valence electrons. The molecule has 11 heteroatoms. The molecular formula is C21H21ClN2O8. The fourth-order valence-electron chi connectivity index (χ4n) is 5.42. The molecular weight excluding hydrogens is 444 g/mol. The van der Waals surface area contributed by atoms with Gasteiger partial charge in [0.15, 0.2) is 17.2 Å². The van der Waals surface area contributed by atoms with E-state index >= 15 is 0 Å². The van der Waals surface area contributed by atoms with Crippen LogP contribution in [0.5, 0.6) is 5.75 Å². The minimum absolute atomic E-state index is 0.0232. The highest BCUT2D eigenvalue weighted by Gasteiger charge is 2.62. The number of carbonyl (C=O) groups excluding carboxylic acids is 4. The second-order valence-corrected chi connectivity index (χ2v) is 8.97. The molecule has 0 aliphatic heterocycles. The van der Waals surface area contributed by atoms with Gasteiger partial charge in [-0.25, -0.2) is 0 Å². The van der Waals surface area contributed by atoms with Gasteiger partial charge in [0.25, 0.3) is 5.91 Å². The normalized spacial score (nSPS) is 31.5. The van der Waals surface area contributed by atoms with Gasteiger partial charge in [0.2, 0.25) is 5.91 Å². The molecule has 1 aromatic rings. The Bertz CT molecular complexity index is 1130. The number of fused-ring (bicyclic) bond motifs is 3. The van der Waals surface area contributed by atoms with Crippen molar-refractivity contribution in [3.05, 3.63) is 33.5 Å². The molecule has 0 saturated heterocycles. The lowest BCUT2D eigenvalue weighted by Gasteiger charge is -2.52. The monoisotopic (exact) mass is 464 g/mol. The number of Topliss-reactive ketones (excluding diaryl/α,β-unsaturated/α-hetero) is 2. The van der Waals surface area contributed by atoms with E-state index in [0.717, 1.165) is 6.07 Å². The molecule has 1 saturated carbocycles. The number of aromatic hydroxyl groups is 1. The van der Waals surface area contributed by atoms with Gasteiger partial charge in [-0.2, -0.15) is 0 Å². The Morgan fingerprint density at radius 1 is 1.25 bits per heavy atom. The first-order valence-corrected chi connectivity index (χ1v) is 10.3. The van der Waals surface area contributed by atoms with Crippen LogP contribution in [0.15, 0.2) is 17.4 Å². The van der Waals surface area contributed by atoms with E-state index in [9.17, 15) is 39.6 Å². The van der Waals surface area contributed by atoms with Gasteiger partial charge >= 0.3 is 0 Å². The zero-order chi connectivity index (χ0) is 23.7. The molecule has 4 rings (SSSR count). The van der Waals surface area contributed by atoms with E-state index < -0.39 is 69.9 Å². The molecule has 5 unspecified atom stereocenters. The van der Waals surface area contributed by atoms with E-state index in [1.807, 2.05) is 0 Å². The predicted octanol–water partition coefficient (Wildman–Crippen LogP) is 0.357. The lowest BCUT2D eigenvalue weighted by molar-refractivity contribution is -0.170. The smallest absolute Gasteiger partial charge is 0.255 e. The summed E-state index contributed by atoms with van der Waals surface area (Å²) >= 11 is 6.18. The van der Waals surface area contributed by atoms with Crippen LogP contribution in [0.2, 0.25) is 5.02 Å². The van der Waals surface area contributed by atoms with Crippen molar-refractivity contribution in [2.75, 3.05) is 5.32 Å². The number of carbonyl (C=O) groups is 4. The minimum atomic E-state index is -2.44. The number of anilines is 1. The molecule has 3 aliphatic rings. The average Bonchev–Trinajstić information content (AvgIpc) is 2.67. The molecule has 3 aliphatic carbocycles. The molecule has 0 heterocycles. The number of nitrogens with one attached hydrogen (secondary N) is 1. The van der Waals surface area contributed by atoms with E-state index in [-0.39, 0.29) is 41.1 Å². The molecule has 10 nitrogen and oxygen atoms in total. The Hall–Kier alpha value is -2.95. The Morgan fingerprint density at radius 2 is 1.91 bits per heavy atom. The van der Waals surface area contributed by atoms with Crippen molar-refractivity contribution in [2.24, 2.45) is 23.5 Å². The Kier molecular flexibility index (Phi) is 5.07. The van der Waals surface area contributed by atoms with Crippen LogP contribution in [-0.2, 0) is 20.8 Å². The number of primary amides is 1. The summed E-state index contributed by atoms with van der Waals surface area (Å²) in [5.74, 6) is -7.53. The quantitative estimate of drug-likeness (QED) is 0.267. The molecule has 7 N–H and O–H groups in total. The zero-order valence-electron chi connectivity index (χ0n) is 16.9. The first kappa shape index (κ1) is 22.3. The number of aliphatic hydroxyl groups is 3. The summed E-state index contributed by atoms with van der Waals surface area (Å²) in [4.78, 5) is 49.0. The number of hydrogen-bond donors (Lipinski definition) is 6. The topological polar surface area (TPSA) is 187 Å². The van der Waals surface area contributed by atoms with Crippen LogP contribution in [0.1, 0.15) is 35.7 Å². The van der Waals surface area contributed by atoms with Crippen molar-refractivity contribution in [3.8, 4) is 5.75 Å². The molecule has 32 heavy (non-hydrogen) atoms. The van der Waals surface area contributed by atoms with Crippen LogP contribution in [0.25, 0.3) is 0 Å². The van der Waals surface area contributed by atoms with Crippen LogP contribution >= 0.6 is 11.6 Å². The number of benzene rings is 1. The molecule has 5 atom stereocenters. The zero-order valence-corrected chi connectivity index (χ0v) is 17.6. The number of aliphatic hydroxyl groups excluding tert-OH is 2. The number of ketones is 2. The number of rotatable bonds is 2. The molecule has 2 amide bonds. The third kappa shape index (κ3) is 2.94. The first-order chi connectivity index (χ1) is 14.9. The second kappa shape index (κ2) is 7.29. The van der Waals surface area contributed by atoms with Gasteiger partial charge in [-0.1, -0.05) is 11.6 Å². The van der Waals surface area contributed by atoms with E-state index in [1.54, 1.807) is 0 Å². The van der Waals surface area contributed by atoms with Crippen molar-refractivity contribution in [1.29, 1.82) is 0 Å². The summed E-state index contributed by atoms with van der Waals surface area (Å²) in [7, 11) is 0. The van der Waals surface area contributed by atoms with Gasteiger partial charge in [-0.3, -0.25) is 19.2 Å². The minimum Gasteiger partial charge on any atom is -0.508 e. The lowest BCUT2D eigenvalue weighted by atomic mass is 9.55. The highest BCUT2D eigenvalue weighted by atomic mass is 35.5. The highest BCUT2D eigenvalue weighted by molar-refractivity contribution is 6.34. The van der Waals surface area contributed by atoms with Crippen molar-refractivity contribution < 1.29 is 39.6 Å². The largest absolute Gasteiger partial charge is 0.508 e. The van der Waals surface area contributed by atoms with E-state index in [0.29, 0.717) is 0 Å². The van der Waals surface area contributed by atoms with Gasteiger partial charge in [0, 0.05) is 25.3 Å². The van der Waals surface area contributed by atoms with Gasteiger partial charge in [-0.05, 0) is 24.3 Å². The average molecular weight is 465 g/mol. The summed E-state index contributed by atoms with van der Waals surface area (Å²) in [5.41, 5.74) is 2.22. The Labute approximate surface area is 186 Å². The summed E-state index contributed by atoms with van der Waals surface area (Å²) in [5, 5.41) is 45.9. The standard InChI is InChI=1S/C21H21ClN2O8/c1-6(25)24-16-9-3-7-2-8-4-11(26)15(20(23)31)19(30)21(8,32)18(29)13(7)17(28)14(9)12(27)5-10(16)22/h5,7-8,13,18,27,29-30,32H,2-4H2,1H3,(H2,23,31)(H,24,25). The predicted molar refractivity (Wildman–Crippen MR) is 110 cm³/mol. The van der Waals surface area contributed by atoms with Crippen LogP contribution in [0.4, 0.5) is 5.69 Å². The Balaban J connectivity index is 1.86. The molecule has 0 spiro atoms. The van der Waals surface area contributed by atoms with Gasteiger partial charge in [0.1, 0.15) is 23.2 Å². The maximum absolute atomic E-state index is 13.4. The van der Waals surface area contributed by atoms with Crippen molar-refractivity contribution in [3.63, 3.8) is 0 Å². The van der Waals surface area contributed by atoms with E-state index in [4.69, 9.17) is 17.3 Å². The third-order valence-electron chi connectivity index (χ3n) is 6.76. The van der Waals surface area contributed by atoms with Gasteiger partial charge < -0.3 is 31.5 Å². The van der Waals surface area contributed by atoms with E-state index in [2.05, 4.69) is 5.32 Å². The van der Waals surface area contributed by atoms with Gasteiger partial charge in [-0.15, -0.1) is 0 Å². The summed E-state index contributed by atoms with van der Waals surface area (Å²) in [6.45, 7) is 1.26. The molecule has 1 fully saturated rings. The molecule has 1 aromatic carbocycles. The molecule has 0 bridgehead atoms. The number of amides is 2. The van der Waals surface area contributed by atoms with Crippen LogP contribution in [0.3, 0.4) is 0 Å². The number of phenols is 1. The van der Waals surface area contributed by atoms with Crippen LogP contribution in [-0.4, -0.2) is 55.5 Å². The number of phenolic OH excluding ortho intramolecular Hbond substituents is 1. The van der Waals surface area contributed by atoms with E-state index in [1.165, 1.54) is 6.92 Å². The number of hydrogen-bond acceptors (Lipinski definition) is 8. The first-order valence-electron chi connectivity index (χ1n) is 9.92. The highest BCUT2D eigenvalue weighted by Crippen LogP contribution is 2.54. The number of halogens is 1. The molecule has 0 aromatic heterocycles. The second-order valence-electron chi connectivity index (χ2n) is 8.56. The fourth-order valence-corrected chi connectivity index (χ4v) is 5.69. The molecule has 0 radical (unpaired) electrons. The lowest BCUT2D eigenvalue weighted by Crippen LogP contribution is -2.64. The van der Waals surface area contributed by atoms with Crippen LogP contribution < -0.4 is 11.1 Å². The summed E-state index contributed by atoms with van der Waals surface area (Å²) in [6.07, 6.45) is -2.11. The fraction of sp³-hybridized carbons (Fsp3) is 0.429. The SMILES string of the molecule is CC(=O)Nc1c(Cl)cc(O)c2c1CC1CC3CC(=O)C(C(N)=O)=C(O)C3(O)C(O)C1C2=O. The van der Waals surface area contributed by atoms with Gasteiger partial charge in [0.05, 0.1) is 22.2 Å². The van der Waals surface area contributed by atoms with Crippen molar-refractivity contribution in [1.82, 2.24) is 0 Å². The van der Waals surface area contributed by atoms with Crippen molar-refractivity contribution in [2.45, 2.75) is 37.9 Å². The maximum atomic E-state index is 13.4. The number of nitrogens with two attached hydrogens (primary N) is 1. The maximum Gasteiger partial charge on any atom is 0.255 e.